The van der Waals surface area contributed by atoms with Gasteiger partial charge >= 0.3 is 0 Å². The summed E-state index contributed by atoms with van der Waals surface area (Å²) in [6.07, 6.45) is 5.47. The summed E-state index contributed by atoms with van der Waals surface area (Å²) in [6.45, 7) is 3.81. The van der Waals surface area contributed by atoms with Gasteiger partial charge in [0.1, 0.15) is 17.8 Å². The summed E-state index contributed by atoms with van der Waals surface area (Å²) in [4.78, 5) is 24.2. The minimum atomic E-state index is 0.437. The number of piperidine rings is 1. The average molecular weight is 374 g/mol. The van der Waals surface area contributed by atoms with Crippen LogP contribution in [0.2, 0.25) is 0 Å². The highest BCUT2D eigenvalue weighted by Gasteiger charge is 2.25. The lowest BCUT2D eigenvalue weighted by Gasteiger charge is -2.31. The van der Waals surface area contributed by atoms with Crippen molar-refractivity contribution >= 4 is 17.0 Å². The van der Waals surface area contributed by atoms with Gasteiger partial charge in [0, 0.05) is 32.3 Å². The smallest absolute Gasteiger partial charge is 0.225 e. The van der Waals surface area contributed by atoms with Crippen molar-refractivity contribution in [3.63, 3.8) is 0 Å². The summed E-state index contributed by atoms with van der Waals surface area (Å²) < 4.78 is 1.74. The molecule has 8 heteroatoms. The monoisotopic (exact) mass is 374 g/mol. The molecular weight excluding hydrogens is 352 g/mol. The highest BCUT2D eigenvalue weighted by Crippen LogP contribution is 2.30. The predicted molar refractivity (Wildman–Crippen MR) is 107 cm³/mol. The number of aromatic nitrogens is 7. The first-order chi connectivity index (χ1) is 13.7. The van der Waals surface area contributed by atoms with Crippen LogP contribution in [0, 0.1) is 6.92 Å². The van der Waals surface area contributed by atoms with Gasteiger partial charge in [-0.1, -0.05) is 12.1 Å². The zero-order valence-electron chi connectivity index (χ0n) is 16.0. The van der Waals surface area contributed by atoms with E-state index in [1.54, 1.807) is 11.0 Å². The summed E-state index contributed by atoms with van der Waals surface area (Å²) in [7, 11) is 1.88. The molecule has 3 aromatic heterocycles. The minimum absolute atomic E-state index is 0.437. The topological polar surface area (TPSA) is 88.4 Å². The van der Waals surface area contributed by atoms with Crippen molar-refractivity contribution in [2.24, 2.45) is 7.05 Å². The van der Waals surface area contributed by atoms with Crippen LogP contribution in [-0.2, 0) is 7.05 Å². The van der Waals surface area contributed by atoms with Gasteiger partial charge in [0.2, 0.25) is 5.95 Å². The second-order valence-electron chi connectivity index (χ2n) is 7.31. The molecule has 0 radical (unpaired) electrons. The number of aromatic amines is 1. The predicted octanol–water partition coefficient (Wildman–Crippen LogP) is 2.84. The number of benzene rings is 1. The van der Waals surface area contributed by atoms with Gasteiger partial charge in [-0.05, 0) is 37.5 Å². The highest BCUT2D eigenvalue weighted by molar-refractivity contribution is 5.74. The number of para-hydroxylation sites is 2. The molecule has 1 aliphatic heterocycles. The van der Waals surface area contributed by atoms with Gasteiger partial charge in [0.05, 0.1) is 11.0 Å². The molecule has 0 saturated carbocycles. The molecule has 0 amide bonds. The van der Waals surface area contributed by atoms with Gasteiger partial charge < -0.3 is 9.88 Å². The van der Waals surface area contributed by atoms with E-state index in [2.05, 4.69) is 37.1 Å². The molecule has 142 valence electrons. The van der Waals surface area contributed by atoms with Crippen molar-refractivity contribution in [3.8, 4) is 11.5 Å². The molecule has 0 atom stereocenters. The van der Waals surface area contributed by atoms with Crippen molar-refractivity contribution < 1.29 is 0 Å². The van der Waals surface area contributed by atoms with Crippen LogP contribution < -0.4 is 4.90 Å². The van der Waals surface area contributed by atoms with Gasteiger partial charge in [-0.3, -0.25) is 0 Å². The second kappa shape index (κ2) is 6.70. The number of H-pyrrole nitrogens is 1. The second-order valence-corrected chi connectivity index (χ2v) is 7.31. The van der Waals surface area contributed by atoms with Crippen LogP contribution in [-0.4, -0.2) is 47.8 Å². The summed E-state index contributed by atoms with van der Waals surface area (Å²) in [5.41, 5.74) is 3.98. The fourth-order valence-electron chi connectivity index (χ4n) is 3.84. The van der Waals surface area contributed by atoms with E-state index in [0.717, 1.165) is 65.8 Å². The van der Waals surface area contributed by atoms with Crippen molar-refractivity contribution in [2.45, 2.75) is 25.7 Å². The molecule has 0 aliphatic carbocycles. The number of hydrogen-bond donors (Lipinski definition) is 1. The average Bonchev–Trinajstić information content (AvgIpc) is 3.35. The van der Waals surface area contributed by atoms with Crippen molar-refractivity contribution in [2.75, 3.05) is 18.0 Å². The molecule has 28 heavy (non-hydrogen) atoms. The zero-order chi connectivity index (χ0) is 19.1. The summed E-state index contributed by atoms with van der Waals surface area (Å²) >= 11 is 0. The van der Waals surface area contributed by atoms with Crippen LogP contribution in [0.5, 0.6) is 0 Å². The molecule has 1 N–H and O–H groups in total. The van der Waals surface area contributed by atoms with E-state index in [1.165, 1.54) is 0 Å². The van der Waals surface area contributed by atoms with Crippen LogP contribution in [0.15, 0.2) is 36.8 Å². The largest absolute Gasteiger partial charge is 0.342 e. The van der Waals surface area contributed by atoms with Gasteiger partial charge in [-0.15, -0.1) is 0 Å². The van der Waals surface area contributed by atoms with Crippen LogP contribution in [0.25, 0.3) is 22.6 Å². The molecular formula is C20H22N8. The van der Waals surface area contributed by atoms with E-state index >= 15 is 0 Å². The Balaban J connectivity index is 1.35. The Kier molecular flexibility index (Phi) is 4.03. The molecule has 1 aliphatic rings. The molecule has 1 fully saturated rings. The third kappa shape index (κ3) is 2.90. The maximum absolute atomic E-state index is 4.80. The Hall–Kier alpha value is -3.29. The highest BCUT2D eigenvalue weighted by atomic mass is 15.3. The molecule has 4 heterocycles. The Morgan fingerprint density at radius 3 is 2.64 bits per heavy atom. The SMILES string of the molecule is Cc1cnc(N2CCC(c3nc4ccccc4[nH]3)CC2)nc1-c1ncnn1C. The molecule has 0 bridgehead atoms. The first-order valence-electron chi connectivity index (χ1n) is 9.56. The number of nitrogens with one attached hydrogen (secondary N) is 1. The summed E-state index contributed by atoms with van der Waals surface area (Å²) in [5.74, 6) is 3.04. The first-order valence-corrected chi connectivity index (χ1v) is 9.56. The third-order valence-corrected chi connectivity index (χ3v) is 5.45. The van der Waals surface area contributed by atoms with E-state index in [0.29, 0.717) is 5.92 Å². The van der Waals surface area contributed by atoms with E-state index in [4.69, 9.17) is 9.97 Å². The fraction of sp³-hybridized carbons (Fsp3) is 0.350. The number of imidazole rings is 1. The zero-order valence-corrected chi connectivity index (χ0v) is 16.0. The Morgan fingerprint density at radius 2 is 1.89 bits per heavy atom. The number of nitrogens with zero attached hydrogens (tertiary/aromatic N) is 7. The Bertz CT molecular complexity index is 1090. The van der Waals surface area contributed by atoms with E-state index in [1.807, 2.05) is 32.3 Å². The lowest BCUT2D eigenvalue weighted by atomic mass is 9.96. The minimum Gasteiger partial charge on any atom is -0.342 e. The molecule has 0 spiro atoms. The van der Waals surface area contributed by atoms with E-state index in [-0.39, 0.29) is 0 Å². The summed E-state index contributed by atoms with van der Waals surface area (Å²) in [5, 5.41) is 4.16. The Morgan fingerprint density at radius 1 is 1.07 bits per heavy atom. The molecule has 0 unspecified atom stereocenters. The quantitative estimate of drug-likeness (QED) is 0.593. The number of anilines is 1. The lowest BCUT2D eigenvalue weighted by Crippen LogP contribution is -2.34. The van der Waals surface area contributed by atoms with Gasteiger partial charge in [-0.2, -0.15) is 5.10 Å². The van der Waals surface area contributed by atoms with Gasteiger partial charge in [0.25, 0.3) is 0 Å². The molecule has 1 saturated heterocycles. The maximum atomic E-state index is 4.80. The van der Waals surface area contributed by atoms with E-state index < -0.39 is 0 Å². The molecule has 4 aromatic rings. The normalized spacial score (nSPS) is 15.4. The Labute approximate surface area is 162 Å². The number of aryl methyl sites for hydroxylation is 2. The molecule has 5 rings (SSSR count). The third-order valence-electron chi connectivity index (χ3n) is 5.45. The lowest BCUT2D eigenvalue weighted by molar-refractivity contribution is 0.484. The standard InChI is InChI=1S/C20H22N8/c1-13-11-21-20(26-17(13)19-22-12-23-27(19)2)28-9-7-14(8-10-28)18-24-15-5-3-4-6-16(15)25-18/h3-6,11-12,14H,7-10H2,1-2H3,(H,24,25). The molecule has 8 nitrogen and oxygen atoms in total. The van der Waals surface area contributed by atoms with Crippen molar-refractivity contribution in [1.82, 2.24) is 34.7 Å². The van der Waals surface area contributed by atoms with E-state index in [9.17, 15) is 0 Å². The number of rotatable bonds is 3. The van der Waals surface area contributed by atoms with Crippen LogP contribution >= 0.6 is 0 Å². The van der Waals surface area contributed by atoms with Gasteiger partial charge in [0.15, 0.2) is 5.82 Å². The van der Waals surface area contributed by atoms with Crippen LogP contribution in [0.1, 0.15) is 30.1 Å². The van der Waals surface area contributed by atoms with Crippen LogP contribution in [0.3, 0.4) is 0 Å². The maximum Gasteiger partial charge on any atom is 0.225 e. The first kappa shape index (κ1) is 16.9. The number of hydrogen-bond acceptors (Lipinski definition) is 6. The van der Waals surface area contributed by atoms with Gasteiger partial charge in [-0.25, -0.2) is 24.6 Å². The molecule has 1 aromatic carbocycles. The summed E-state index contributed by atoms with van der Waals surface area (Å²) in [6, 6.07) is 8.20. The van der Waals surface area contributed by atoms with Crippen LogP contribution in [0.4, 0.5) is 5.95 Å². The number of fused-ring (bicyclic) bond motifs is 1. The van der Waals surface area contributed by atoms with Crippen molar-refractivity contribution in [1.29, 1.82) is 0 Å². The van der Waals surface area contributed by atoms with Crippen molar-refractivity contribution in [3.05, 3.63) is 48.2 Å². The fourth-order valence-corrected chi connectivity index (χ4v) is 3.84.